The molecule has 2 heterocycles. The maximum absolute atomic E-state index is 13.3. The second-order valence-electron chi connectivity index (χ2n) is 9.23. The van der Waals surface area contributed by atoms with Gasteiger partial charge >= 0.3 is 0 Å². The first kappa shape index (κ1) is 28.4. The standard InChI is InChI=1S/C24H30N4O7S3/c1-4-38(34,35)27-11-9-17(10-12-27)22-15-25-23-20(22)13-18(16-5-7-19(8-6-16)26(2)3)14-21(23)24(29)28(36(30)31)37(32)33/h5-8,13-15,17,25H,4,9-12H2,1-3H3,(H,30,31)(H,32,33). The lowest BCUT2D eigenvalue weighted by molar-refractivity contribution is 0.0921. The molecule has 1 aliphatic rings. The molecule has 11 nitrogen and oxygen atoms in total. The number of nitrogens with one attached hydrogen (secondary N) is 1. The highest BCUT2D eigenvalue weighted by atomic mass is 32.3. The van der Waals surface area contributed by atoms with Gasteiger partial charge in [-0.2, -0.15) is 0 Å². The van der Waals surface area contributed by atoms with Crippen LogP contribution in [-0.4, -0.2) is 77.8 Å². The summed E-state index contributed by atoms with van der Waals surface area (Å²) in [5.74, 6) is -1.03. The largest absolute Gasteiger partial charge is 0.378 e. The van der Waals surface area contributed by atoms with E-state index in [1.54, 1.807) is 13.1 Å². The maximum atomic E-state index is 13.3. The van der Waals surface area contributed by atoms with Crippen molar-refractivity contribution >= 4 is 55.1 Å². The van der Waals surface area contributed by atoms with Crippen LogP contribution in [0.4, 0.5) is 5.69 Å². The van der Waals surface area contributed by atoms with Crippen molar-refractivity contribution in [3.05, 3.63) is 53.7 Å². The van der Waals surface area contributed by atoms with Crippen molar-refractivity contribution in [2.75, 3.05) is 37.8 Å². The van der Waals surface area contributed by atoms with Crippen molar-refractivity contribution in [1.82, 2.24) is 13.0 Å². The zero-order chi connectivity index (χ0) is 27.8. The van der Waals surface area contributed by atoms with Gasteiger partial charge in [-0.15, -0.1) is 3.71 Å². The number of aromatic amines is 1. The van der Waals surface area contributed by atoms with Gasteiger partial charge in [-0.25, -0.2) is 21.1 Å². The van der Waals surface area contributed by atoms with E-state index in [4.69, 9.17) is 0 Å². The van der Waals surface area contributed by atoms with Gasteiger partial charge in [0.1, 0.15) is 0 Å². The van der Waals surface area contributed by atoms with E-state index in [0.717, 1.165) is 16.8 Å². The van der Waals surface area contributed by atoms with Crippen molar-refractivity contribution < 1.29 is 30.7 Å². The van der Waals surface area contributed by atoms with Gasteiger partial charge in [0.25, 0.3) is 28.4 Å². The minimum Gasteiger partial charge on any atom is -0.378 e. The minimum absolute atomic E-state index is 0.0106. The van der Waals surface area contributed by atoms with Crippen LogP contribution in [0.15, 0.2) is 42.6 Å². The number of carbonyl (C=O) groups excluding carboxylic acids is 1. The molecule has 4 rings (SSSR count). The predicted molar refractivity (Wildman–Crippen MR) is 149 cm³/mol. The van der Waals surface area contributed by atoms with Crippen LogP contribution in [0.5, 0.6) is 0 Å². The molecule has 1 aliphatic heterocycles. The van der Waals surface area contributed by atoms with E-state index in [9.17, 15) is 30.7 Å². The number of amides is 1. The van der Waals surface area contributed by atoms with Gasteiger partial charge < -0.3 is 9.88 Å². The van der Waals surface area contributed by atoms with Crippen molar-refractivity contribution in [3.8, 4) is 11.1 Å². The van der Waals surface area contributed by atoms with Gasteiger partial charge in [0.05, 0.1) is 16.8 Å². The number of H-pyrrole nitrogens is 1. The first-order valence-corrected chi connectivity index (χ1v) is 15.6. The first-order valence-electron chi connectivity index (χ1n) is 11.9. The number of benzene rings is 2. The summed E-state index contributed by atoms with van der Waals surface area (Å²) in [5, 5.41) is 0.687. The fourth-order valence-corrected chi connectivity index (χ4v) is 6.85. The Morgan fingerprint density at radius 2 is 1.66 bits per heavy atom. The normalized spacial score (nSPS) is 16.9. The monoisotopic (exact) mass is 582 g/mol. The Morgan fingerprint density at radius 1 is 1.05 bits per heavy atom. The van der Waals surface area contributed by atoms with E-state index in [1.807, 2.05) is 49.3 Å². The number of sulfonamides is 1. The van der Waals surface area contributed by atoms with Crippen LogP contribution in [0.1, 0.15) is 41.6 Å². The molecule has 1 fully saturated rings. The molecule has 0 radical (unpaired) electrons. The van der Waals surface area contributed by atoms with E-state index < -0.39 is 38.5 Å². The Hall–Kier alpha value is -2.62. The SMILES string of the molecule is CCS(=O)(=O)N1CCC(c2c[nH]c3c(C(=O)N(S(=O)O)S(=O)O)cc(-c4ccc(N(C)C)cc4)cc23)CC1. The summed E-state index contributed by atoms with van der Waals surface area (Å²) in [6.07, 6.45) is 2.93. The lowest BCUT2D eigenvalue weighted by Crippen LogP contribution is -2.38. The van der Waals surface area contributed by atoms with Crippen LogP contribution in [0.3, 0.4) is 0 Å². The number of fused-ring (bicyclic) bond motifs is 1. The van der Waals surface area contributed by atoms with Crippen molar-refractivity contribution in [2.45, 2.75) is 25.7 Å². The van der Waals surface area contributed by atoms with Gasteiger partial charge in [-0.05, 0) is 66.6 Å². The molecular weight excluding hydrogens is 552 g/mol. The summed E-state index contributed by atoms with van der Waals surface area (Å²) < 4.78 is 68.6. The fourth-order valence-electron chi connectivity index (χ4n) is 4.80. The molecular formula is C24H30N4O7S3. The third-order valence-electron chi connectivity index (χ3n) is 6.87. The molecule has 3 aromatic rings. The molecule has 2 aromatic carbocycles. The average Bonchev–Trinajstić information content (AvgIpc) is 3.31. The third kappa shape index (κ3) is 5.55. The van der Waals surface area contributed by atoms with Gasteiger partial charge in [-0.3, -0.25) is 13.9 Å². The summed E-state index contributed by atoms with van der Waals surface area (Å²) in [6, 6.07) is 11.0. The van der Waals surface area contributed by atoms with Gasteiger partial charge in [0.15, 0.2) is 0 Å². The van der Waals surface area contributed by atoms with Crippen LogP contribution in [0.25, 0.3) is 22.0 Å². The Bertz CT molecular complexity index is 1480. The highest BCUT2D eigenvalue weighted by Crippen LogP contribution is 2.38. The van der Waals surface area contributed by atoms with Crippen molar-refractivity contribution in [2.24, 2.45) is 0 Å². The van der Waals surface area contributed by atoms with Crippen molar-refractivity contribution in [3.63, 3.8) is 0 Å². The molecule has 3 N–H and O–H groups in total. The maximum Gasteiger partial charge on any atom is 0.283 e. The number of carbonyl (C=O) groups is 1. The van der Waals surface area contributed by atoms with E-state index in [2.05, 4.69) is 4.98 Å². The topological polar surface area (TPSA) is 151 Å². The van der Waals surface area contributed by atoms with E-state index in [-0.39, 0.29) is 20.9 Å². The number of piperidine rings is 1. The molecule has 1 saturated heterocycles. The molecule has 0 bridgehead atoms. The Morgan fingerprint density at radius 3 is 2.18 bits per heavy atom. The lowest BCUT2D eigenvalue weighted by atomic mass is 9.88. The van der Waals surface area contributed by atoms with E-state index in [1.165, 1.54) is 10.4 Å². The summed E-state index contributed by atoms with van der Waals surface area (Å²) in [6.45, 7) is 2.38. The molecule has 206 valence electrons. The zero-order valence-electron chi connectivity index (χ0n) is 21.2. The minimum atomic E-state index is -3.29. The molecule has 0 aliphatic carbocycles. The molecule has 1 aromatic heterocycles. The number of nitrogens with zero attached hydrogens (tertiary/aromatic N) is 3. The summed E-state index contributed by atoms with van der Waals surface area (Å²) >= 11 is -6.05. The van der Waals surface area contributed by atoms with Crippen molar-refractivity contribution in [1.29, 1.82) is 0 Å². The number of hydrogen-bond donors (Lipinski definition) is 3. The third-order valence-corrected chi connectivity index (χ3v) is 10.4. The molecule has 0 saturated carbocycles. The molecule has 1 amide bonds. The summed E-state index contributed by atoms with van der Waals surface area (Å²) in [5.41, 5.74) is 3.62. The molecule has 0 spiro atoms. The fraction of sp³-hybridized carbons (Fsp3) is 0.375. The smallest absolute Gasteiger partial charge is 0.283 e. The van der Waals surface area contributed by atoms with E-state index in [0.29, 0.717) is 42.4 Å². The molecule has 38 heavy (non-hydrogen) atoms. The molecule has 14 heteroatoms. The highest BCUT2D eigenvalue weighted by Gasteiger charge is 2.32. The van der Waals surface area contributed by atoms with Crippen LogP contribution < -0.4 is 4.90 Å². The van der Waals surface area contributed by atoms with Gasteiger partial charge in [0, 0.05) is 44.5 Å². The lowest BCUT2D eigenvalue weighted by Gasteiger charge is -2.31. The number of hydrogen-bond acceptors (Lipinski definition) is 6. The zero-order valence-corrected chi connectivity index (χ0v) is 23.6. The Labute approximate surface area is 226 Å². The van der Waals surface area contributed by atoms with Crippen LogP contribution in [0.2, 0.25) is 0 Å². The van der Waals surface area contributed by atoms with Crippen LogP contribution in [-0.2, 0) is 32.6 Å². The highest BCUT2D eigenvalue weighted by molar-refractivity contribution is 7.93. The number of anilines is 1. The Balaban J connectivity index is 1.82. The molecule has 2 atom stereocenters. The molecule has 2 unspecified atom stereocenters. The van der Waals surface area contributed by atoms with Gasteiger partial charge in [0.2, 0.25) is 10.0 Å². The quantitative estimate of drug-likeness (QED) is 0.343. The summed E-state index contributed by atoms with van der Waals surface area (Å²) in [4.78, 5) is 18.3. The second kappa shape index (κ2) is 11.2. The first-order chi connectivity index (χ1) is 17.9. The van der Waals surface area contributed by atoms with E-state index >= 15 is 0 Å². The van der Waals surface area contributed by atoms with Crippen LogP contribution in [0, 0.1) is 0 Å². The predicted octanol–water partition coefficient (Wildman–Crippen LogP) is 3.15. The van der Waals surface area contributed by atoms with Crippen LogP contribution >= 0.6 is 0 Å². The second-order valence-corrected chi connectivity index (χ2v) is 13.4. The number of rotatable bonds is 8. The Kier molecular flexibility index (Phi) is 8.40. The van der Waals surface area contributed by atoms with Gasteiger partial charge in [-0.1, -0.05) is 12.1 Å². The summed E-state index contributed by atoms with van der Waals surface area (Å²) in [7, 11) is 0.547. The average molecular weight is 583 g/mol. The number of aromatic nitrogens is 1.